The lowest BCUT2D eigenvalue weighted by molar-refractivity contribution is 0.536. The Labute approximate surface area is 142 Å². The molecule has 0 bridgehead atoms. The van der Waals surface area contributed by atoms with Crippen LogP contribution in [0.1, 0.15) is 96.8 Å². The second-order valence-electron chi connectivity index (χ2n) is 6.04. The molecule has 0 aromatic carbocycles. The molecule has 0 fully saturated rings. The Morgan fingerprint density at radius 3 is 1.40 bits per heavy atom. The van der Waals surface area contributed by atoms with Crippen LogP contribution in [0.4, 0.5) is 0 Å². The number of hydrogen-bond donors (Lipinski definition) is 1. The predicted octanol–water partition coefficient (Wildman–Crippen LogP) is 6.49. The lowest BCUT2D eigenvalue weighted by Crippen LogP contribution is -2.16. The summed E-state index contributed by atoms with van der Waals surface area (Å²) in [5.74, 6) is 0. The molecule has 0 heterocycles. The van der Waals surface area contributed by atoms with Crippen LogP contribution in [0.5, 0.6) is 0 Å². The summed E-state index contributed by atoms with van der Waals surface area (Å²) in [4.78, 5) is 0. The van der Waals surface area contributed by atoms with Gasteiger partial charge < -0.3 is 5.32 Å². The van der Waals surface area contributed by atoms with Gasteiger partial charge in [-0.2, -0.15) is 0 Å². The Morgan fingerprint density at radius 2 is 0.950 bits per heavy atom. The fourth-order valence-electron chi connectivity index (χ4n) is 2.56. The van der Waals surface area contributed by atoms with Gasteiger partial charge in [-0.1, -0.05) is 100 Å². The number of unbranched alkanes of at least 4 members (excludes halogenated alkanes) is 12. The van der Waals surface area contributed by atoms with E-state index in [1.165, 1.54) is 107 Å². The fourth-order valence-corrected chi connectivity index (χ4v) is 3.10. The maximum atomic E-state index is 3.59. The smallest absolute Gasteiger partial charge is 0.000473 e. The van der Waals surface area contributed by atoms with E-state index >= 15 is 0 Å². The van der Waals surface area contributed by atoms with Gasteiger partial charge in [-0.05, 0) is 36.8 Å². The van der Waals surface area contributed by atoms with Gasteiger partial charge in [0.25, 0.3) is 0 Å². The molecular weight excluding hydrogens is 357 g/mol. The van der Waals surface area contributed by atoms with E-state index in [9.17, 15) is 0 Å². The largest absolute Gasteiger partial charge is 0.317 e. The van der Waals surface area contributed by atoms with Gasteiger partial charge in [-0.25, -0.2) is 0 Å². The molecule has 0 radical (unpaired) electrons. The third-order valence-electron chi connectivity index (χ3n) is 3.94. The van der Waals surface area contributed by atoms with Crippen LogP contribution in [0, 0.1) is 0 Å². The van der Waals surface area contributed by atoms with E-state index in [-0.39, 0.29) is 0 Å². The molecule has 0 saturated heterocycles. The maximum Gasteiger partial charge on any atom is -0.000473 e. The van der Waals surface area contributed by atoms with Gasteiger partial charge in [0, 0.05) is 0 Å². The lowest BCUT2D eigenvalue weighted by atomic mass is 10.1. The monoisotopic (exact) mass is 395 g/mol. The minimum absolute atomic E-state index is 1.23. The molecular formula is C18H38IN. The topological polar surface area (TPSA) is 12.0 Å². The summed E-state index contributed by atoms with van der Waals surface area (Å²) in [5, 5.41) is 3.59. The van der Waals surface area contributed by atoms with E-state index in [1.54, 1.807) is 0 Å². The Hall–Kier alpha value is 0.690. The molecule has 0 aliphatic heterocycles. The van der Waals surface area contributed by atoms with Crippen molar-refractivity contribution in [3.63, 3.8) is 0 Å². The van der Waals surface area contributed by atoms with E-state index in [4.69, 9.17) is 0 Å². The zero-order chi connectivity index (χ0) is 14.7. The van der Waals surface area contributed by atoms with Crippen molar-refractivity contribution in [2.75, 3.05) is 17.5 Å². The summed E-state index contributed by atoms with van der Waals surface area (Å²) in [6, 6.07) is 0. The van der Waals surface area contributed by atoms with Crippen molar-refractivity contribution in [1.29, 1.82) is 0 Å². The molecule has 1 N–H and O–H groups in total. The summed E-state index contributed by atoms with van der Waals surface area (Å²) in [5.41, 5.74) is 0. The highest BCUT2D eigenvalue weighted by Crippen LogP contribution is 2.10. The molecule has 0 spiro atoms. The first-order chi connectivity index (χ1) is 9.91. The van der Waals surface area contributed by atoms with Crippen LogP contribution >= 0.6 is 22.6 Å². The first-order valence-corrected chi connectivity index (χ1v) is 10.7. The molecule has 0 amide bonds. The molecule has 20 heavy (non-hydrogen) atoms. The van der Waals surface area contributed by atoms with Crippen molar-refractivity contribution >= 4 is 22.6 Å². The molecule has 0 aliphatic rings. The molecule has 1 nitrogen and oxygen atoms in total. The Balaban J connectivity index is 2.89. The van der Waals surface area contributed by atoms with Gasteiger partial charge in [-0.3, -0.25) is 0 Å². The number of halogens is 1. The van der Waals surface area contributed by atoms with Gasteiger partial charge >= 0.3 is 0 Å². The third-order valence-corrected chi connectivity index (χ3v) is 4.71. The van der Waals surface area contributed by atoms with Crippen molar-refractivity contribution < 1.29 is 0 Å². The van der Waals surface area contributed by atoms with Crippen molar-refractivity contribution in [2.45, 2.75) is 96.8 Å². The van der Waals surface area contributed by atoms with Crippen LogP contribution in [0.2, 0.25) is 0 Å². The minimum atomic E-state index is 1.23. The van der Waals surface area contributed by atoms with Crippen molar-refractivity contribution in [2.24, 2.45) is 0 Å². The highest BCUT2D eigenvalue weighted by Gasteiger charge is 1.93. The molecule has 0 unspecified atom stereocenters. The Kier molecular flexibility index (Phi) is 20.4. The maximum absolute atomic E-state index is 3.59. The van der Waals surface area contributed by atoms with E-state index in [0.717, 1.165) is 0 Å². The van der Waals surface area contributed by atoms with E-state index in [2.05, 4.69) is 34.8 Å². The summed E-state index contributed by atoms with van der Waals surface area (Å²) >= 11 is 2.47. The predicted molar refractivity (Wildman–Crippen MR) is 102 cm³/mol. The van der Waals surface area contributed by atoms with Crippen molar-refractivity contribution in [3.05, 3.63) is 0 Å². The Morgan fingerprint density at radius 1 is 0.550 bits per heavy atom. The fraction of sp³-hybridized carbons (Fsp3) is 1.00. The number of alkyl halides is 1. The number of nitrogens with one attached hydrogen (secondary N) is 1. The number of hydrogen-bond acceptors (Lipinski definition) is 1. The van der Waals surface area contributed by atoms with E-state index in [0.29, 0.717) is 0 Å². The van der Waals surface area contributed by atoms with Crippen LogP contribution in [0.25, 0.3) is 0 Å². The molecule has 0 aromatic heterocycles. The lowest BCUT2D eigenvalue weighted by Gasteiger charge is -2.05. The minimum Gasteiger partial charge on any atom is -0.317 e. The normalized spacial score (nSPS) is 11.1. The van der Waals surface area contributed by atoms with E-state index in [1.807, 2.05) is 0 Å². The van der Waals surface area contributed by atoms with Crippen LogP contribution in [0.3, 0.4) is 0 Å². The van der Waals surface area contributed by atoms with Crippen LogP contribution in [0.15, 0.2) is 0 Å². The first kappa shape index (κ1) is 20.7. The summed E-state index contributed by atoms with van der Waals surface area (Å²) in [6.45, 7) is 4.76. The second kappa shape index (κ2) is 19.7. The first-order valence-electron chi connectivity index (χ1n) is 9.18. The highest BCUT2D eigenvalue weighted by atomic mass is 127. The van der Waals surface area contributed by atoms with Gasteiger partial charge in [0.05, 0.1) is 0 Å². The molecule has 122 valence electrons. The summed E-state index contributed by atoms with van der Waals surface area (Å²) < 4.78 is 1.32. The van der Waals surface area contributed by atoms with Crippen molar-refractivity contribution in [1.82, 2.24) is 5.32 Å². The quantitative estimate of drug-likeness (QED) is 0.169. The van der Waals surface area contributed by atoms with Crippen LogP contribution in [-0.4, -0.2) is 17.5 Å². The average Bonchev–Trinajstić information content (AvgIpc) is 2.47. The molecule has 0 aromatic rings. The van der Waals surface area contributed by atoms with E-state index < -0.39 is 0 Å². The number of rotatable bonds is 17. The van der Waals surface area contributed by atoms with Gasteiger partial charge in [0.1, 0.15) is 0 Å². The average molecular weight is 395 g/mol. The zero-order valence-corrected chi connectivity index (χ0v) is 16.1. The Bertz CT molecular complexity index is 143. The second-order valence-corrected chi connectivity index (χ2v) is 7.11. The molecule has 0 saturated carbocycles. The molecule has 0 rings (SSSR count). The molecule has 0 atom stereocenters. The van der Waals surface area contributed by atoms with Gasteiger partial charge in [0.2, 0.25) is 0 Å². The van der Waals surface area contributed by atoms with Gasteiger partial charge in [-0.15, -0.1) is 0 Å². The van der Waals surface area contributed by atoms with Crippen LogP contribution in [-0.2, 0) is 0 Å². The molecule has 0 aliphatic carbocycles. The van der Waals surface area contributed by atoms with Crippen LogP contribution < -0.4 is 5.32 Å². The SMILES string of the molecule is CCCCCCCCCCCCNCCCCCCI. The molecule has 2 heteroatoms. The standard InChI is InChI=1S/C18H38IN/c1-2-3-4-5-6-7-8-9-11-14-17-20-18-15-12-10-13-16-19/h20H,2-18H2,1H3. The third kappa shape index (κ3) is 18.7. The summed E-state index contributed by atoms with van der Waals surface area (Å²) in [6.07, 6.45) is 20.0. The van der Waals surface area contributed by atoms with Crippen molar-refractivity contribution in [3.8, 4) is 0 Å². The van der Waals surface area contributed by atoms with Gasteiger partial charge in [0.15, 0.2) is 0 Å². The summed E-state index contributed by atoms with van der Waals surface area (Å²) in [7, 11) is 0. The zero-order valence-electron chi connectivity index (χ0n) is 13.9. The highest BCUT2D eigenvalue weighted by molar-refractivity contribution is 14.1.